The first-order chi connectivity index (χ1) is 12.3. The van der Waals surface area contributed by atoms with E-state index in [1.807, 2.05) is 0 Å². The summed E-state index contributed by atoms with van der Waals surface area (Å²) in [7, 11) is 0. The standard InChI is InChI=1S/C19H27N5S/c1-16(17-5-12-25-14-17)22-8-10-24(11-9-22)19-13-18(20-15-21-19)23-6-3-2-4-7-23/h5,12-16H,2-4,6-11H2,1H3. The van der Waals surface area contributed by atoms with Crippen LogP contribution in [-0.2, 0) is 0 Å². The average molecular weight is 358 g/mol. The molecule has 6 heteroatoms. The van der Waals surface area contributed by atoms with Crippen LogP contribution in [0.1, 0.15) is 37.8 Å². The number of piperazine rings is 1. The Morgan fingerprint density at radius 2 is 1.60 bits per heavy atom. The number of piperidine rings is 1. The van der Waals surface area contributed by atoms with Gasteiger partial charge in [-0.25, -0.2) is 9.97 Å². The topological polar surface area (TPSA) is 35.5 Å². The van der Waals surface area contributed by atoms with Crippen LogP contribution in [0.3, 0.4) is 0 Å². The van der Waals surface area contributed by atoms with Crippen molar-refractivity contribution in [2.24, 2.45) is 0 Å². The molecular weight excluding hydrogens is 330 g/mol. The van der Waals surface area contributed by atoms with Crippen molar-refractivity contribution in [2.75, 3.05) is 49.1 Å². The van der Waals surface area contributed by atoms with E-state index in [1.165, 1.54) is 24.8 Å². The summed E-state index contributed by atoms with van der Waals surface area (Å²) in [6.07, 6.45) is 5.63. The molecule has 2 saturated heterocycles. The second-order valence-corrected chi connectivity index (χ2v) is 7.82. The molecule has 2 fully saturated rings. The van der Waals surface area contributed by atoms with Gasteiger partial charge in [0.2, 0.25) is 0 Å². The van der Waals surface area contributed by atoms with Crippen LogP contribution in [0.25, 0.3) is 0 Å². The highest BCUT2D eigenvalue weighted by molar-refractivity contribution is 7.07. The number of anilines is 2. The van der Waals surface area contributed by atoms with Crippen LogP contribution in [-0.4, -0.2) is 54.1 Å². The molecule has 0 aliphatic carbocycles. The zero-order valence-corrected chi connectivity index (χ0v) is 15.8. The highest BCUT2D eigenvalue weighted by Crippen LogP contribution is 2.26. The van der Waals surface area contributed by atoms with Gasteiger partial charge in [-0.3, -0.25) is 4.90 Å². The molecule has 5 nitrogen and oxygen atoms in total. The van der Waals surface area contributed by atoms with Crippen LogP contribution in [0.4, 0.5) is 11.6 Å². The minimum absolute atomic E-state index is 0.503. The van der Waals surface area contributed by atoms with Crippen LogP contribution < -0.4 is 9.80 Å². The van der Waals surface area contributed by atoms with Gasteiger partial charge in [0, 0.05) is 51.4 Å². The molecule has 4 rings (SSSR count). The van der Waals surface area contributed by atoms with Crippen molar-refractivity contribution in [3.05, 3.63) is 34.8 Å². The maximum Gasteiger partial charge on any atom is 0.134 e. The first-order valence-corrected chi connectivity index (χ1v) is 10.3. The molecule has 134 valence electrons. The van der Waals surface area contributed by atoms with Crippen molar-refractivity contribution >= 4 is 23.0 Å². The molecule has 0 amide bonds. The molecule has 2 aliphatic rings. The molecule has 0 bridgehead atoms. The number of rotatable bonds is 4. The quantitative estimate of drug-likeness (QED) is 0.838. The first-order valence-electron chi connectivity index (χ1n) is 9.39. The summed E-state index contributed by atoms with van der Waals surface area (Å²) in [6.45, 7) is 8.80. The van der Waals surface area contributed by atoms with Crippen LogP contribution in [0, 0.1) is 0 Å². The number of hydrogen-bond donors (Lipinski definition) is 0. The summed E-state index contributed by atoms with van der Waals surface area (Å²) in [5, 5.41) is 4.44. The number of nitrogens with zero attached hydrogens (tertiary/aromatic N) is 5. The summed E-state index contributed by atoms with van der Waals surface area (Å²) in [5.74, 6) is 2.18. The molecule has 0 radical (unpaired) electrons. The van der Waals surface area contributed by atoms with Crippen LogP contribution in [0.5, 0.6) is 0 Å². The third-order valence-electron chi connectivity index (χ3n) is 5.53. The van der Waals surface area contributed by atoms with E-state index >= 15 is 0 Å². The van der Waals surface area contributed by atoms with Crippen molar-refractivity contribution in [1.29, 1.82) is 0 Å². The normalized spacial score (nSPS) is 20.7. The van der Waals surface area contributed by atoms with Crippen LogP contribution in [0.2, 0.25) is 0 Å². The molecule has 0 N–H and O–H groups in total. The zero-order chi connectivity index (χ0) is 17.1. The van der Waals surface area contributed by atoms with Crippen LogP contribution >= 0.6 is 11.3 Å². The fourth-order valence-electron chi connectivity index (χ4n) is 3.87. The second kappa shape index (κ2) is 7.70. The predicted molar refractivity (Wildman–Crippen MR) is 105 cm³/mol. The van der Waals surface area contributed by atoms with Gasteiger partial charge in [-0.2, -0.15) is 11.3 Å². The molecule has 1 unspecified atom stereocenters. The van der Waals surface area contributed by atoms with E-state index < -0.39 is 0 Å². The van der Waals surface area contributed by atoms with Gasteiger partial charge >= 0.3 is 0 Å². The third-order valence-corrected chi connectivity index (χ3v) is 6.23. The number of hydrogen-bond acceptors (Lipinski definition) is 6. The molecule has 0 aromatic carbocycles. The van der Waals surface area contributed by atoms with Gasteiger partial charge in [0.15, 0.2) is 0 Å². The number of thiophene rings is 1. The maximum atomic E-state index is 4.55. The van der Waals surface area contributed by atoms with E-state index in [-0.39, 0.29) is 0 Å². The minimum atomic E-state index is 0.503. The molecule has 1 atom stereocenters. The summed E-state index contributed by atoms with van der Waals surface area (Å²) < 4.78 is 0. The van der Waals surface area contributed by atoms with E-state index in [9.17, 15) is 0 Å². The van der Waals surface area contributed by atoms with Gasteiger partial charge in [0.25, 0.3) is 0 Å². The second-order valence-electron chi connectivity index (χ2n) is 7.04. The Labute approximate surface area is 154 Å². The summed E-state index contributed by atoms with van der Waals surface area (Å²) in [6, 6.07) is 4.93. The lowest BCUT2D eigenvalue weighted by molar-refractivity contribution is 0.198. The lowest BCUT2D eigenvalue weighted by Crippen LogP contribution is -2.47. The summed E-state index contributed by atoms with van der Waals surface area (Å²) in [4.78, 5) is 16.5. The molecule has 25 heavy (non-hydrogen) atoms. The van der Waals surface area contributed by atoms with Gasteiger partial charge in [0.05, 0.1) is 0 Å². The molecule has 2 aliphatic heterocycles. The molecule has 4 heterocycles. The van der Waals surface area contributed by atoms with Gasteiger partial charge in [-0.1, -0.05) is 0 Å². The Kier molecular flexibility index (Phi) is 5.17. The van der Waals surface area contributed by atoms with Crippen molar-refractivity contribution in [3.63, 3.8) is 0 Å². The van der Waals surface area contributed by atoms with Crippen molar-refractivity contribution in [3.8, 4) is 0 Å². The highest BCUT2D eigenvalue weighted by atomic mass is 32.1. The van der Waals surface area contributed by atoms with E-state index in [0.717, 1.165) is 50.9 Å². The van der Waals surface area contributed by atoms with E-state index in [1.54, 1.807) is 17.7 Å². The highest BCUT2D eigenvalue weighted by Gasteiger charge is 2.23. The molecular formula is C19H27N5S. The minimum Gasteiger partial charge on any atom is -0.356 e. The lowest BCUT2D eigenvalue weighted by Gasteiger charge is -2.38. The van der Waals surface area contributed by atoms with Crippen molar-refractivity contribution in [2.45, 2.75) is 32.2 Å². The van der Waals surface area contributed by atoms with E-state index in [4.69, 9.17) is 0 Å². The van der Waals surface area contributed by atoms with E-state index in [0.29, 0.717) is 6.04 Å². The van der Waals surface area contributed by atoms with Crippen molar-refractivity contribution < 1.29 is 0 Å². The average Bonchev–Trinajstić information content (AvgIpc) is 3.23. The SMILES string of the molecule is CC(c1ccsc1)N1CCN(c2cc(N3CCCCC3)ncn2)CC1. The predicted octanol–water partition coefficient (Wildman–Crippen LogP) is 3.41. The number of aromatic nitrogens is 2. The Bertz CT molecular complexity index is 660. The Morgan fingerprint density at radius 1 is 0.920 bits per heavy atom. The molecule has 2 aromatic rings. The fourth-order valence-corrected chi connectivity index (χ4v) is 4.61. The fraction of sp³-hybridized carbons (Fsp3) is 0.579. The van der Waals surface area contributed by atoms with Gasteiger partial charge in [0.1, 0.15) is 18.0 Å². The summed E-state index contributed by atoms with van der Waals surface area (Å²) >= 11 is 1.79. The Balaban J connectivity index is 1.39. The Morgan fingerprint density at radius 3 is 2.24 bits per heavy atom. The van der Waals surface area contributed by atoms with E-state index in [2.05, 4.69) is 54.5 Å². The van der Waals surface area contributed by atoms with Gasteiger partial charge in [-0.15, -0.1) is 0 Å². The molecule has 0 spiro atoms. The molecule has 2 aromatic heterocycles. The lowest BCUT2D eigenvalue weighted by atomic mass is 10.1. The first kappa shape index (κ1) is 16.8. The zero-order valence-electron chi connectivity index (χ0n) is 15.0. The third kappa shape index (κ3) is 3.80. The maximum absolute atomic E-state index is 4.55. The summed E-state index contributed by atoms with van der Waals surface area (Å²) in [5.41, 5.74) is 1.44. The van der Waals surface area contributed by atoms with Gasteiger partial charge < -0.3 is 9.80 Å². The molecule has 0 saturated carbocycles. The van der Waals surface area contributed by atoms with Crippen LogP contribution in [0.15, 0.2) is 29.2 Å². The smallest absolute Gasteiger partial charge is 0.134 e. The monoisotopic (exact) mass is 357 g/mol. The largest absolute Gasteiger partial charge is 0.356 e. The Hall–Kier alpha value is -1.66. The van der Waals surface area contributed by atoms with Crippen molar-refractivity contribution in [1.82, 2.24) is 14.9 Å². The van der Waals surface area contributed by atoms with Gasteiger partial charge in [-0.05, 0) is 48.6 Å².